The predicted molar refractivity (Wildman–Crippen MR) is 93.1 cm³/mol. The van der Waals surface area contributed by atoms with Crippen LogP contribution in [-0.4, -0.2) is 5.97 Å². The summed E-state index contributed by atoms with van der Waals surface area (Å²) in [6.07, 6.45) is 0. The van der Waals surface area contributed by atoms with Crippen molar-refractivity contribution in [3.63, 3.8) is 0 Å². The van der Waals surface area contributed by atoms with Gasteiger partial charge in [-0.25, -0.2) is 0 Å². The van der Waals surface area contributed by atoms with E-state index < -0.39 is 0 Å². The van der Waals surface area contributed by atoms with E-state index in [1.54, 1.807) is 0 Å². The van der Waals surface area contributed by atoms with Crippen LogP contribution >= 0.6 is 15.9 Å². The molecule has 0 saturated carbocycles. The van der Waals surface area contributed by atoms with Gasteiger partial charge in [0.1, 0.15) is 5.75 Å². The Morgan fingerprint density at radius 2 is 1.77 bits per heavy atom. The van der Waals surface area contributed by atoms with Crippen molar-refractivity contribution in [2.45, 2.75) is 13.8 Å². The van der Waals surface area contributed by atoms with Crippen molar-refractivity contribution >= 4 is 32.7 Å². The molecule has 3 aromatic carbocycles. The van der Waals surface area contributed by atoms with Gasteiger partial charge in [-0.1, -0.05) is 52.3 Å². The summed E-state index contributed by atoms with van der Waals surface area (Å²) >= 11 is 3.48. The number of halogens is 1. The summed E-state index contributed by atoms with van der Waals surface area (Å²) in [4.78, 5) is 11.5. The van der Waals surface area contributed by atoms with Gasteiger partial charge in [-0.2, -0.15) is 0 Å². The van der Waals surface area contributed by atoms with Gasteiger partial charge in [-0.15, -0.1) is 0 Å². The summed E-state index contributed by atoms with van der Waals surface area (Å²) in [6, 6.07) is 18.3. The minimum absolute atomic E-state index is 0.311. The molecule has 3 heteroatoms. The Bertz CT molecular complexity index is 854. The molecule has 2 nitrogen and oxygen atoms in total. The normalized spacial score (nSPS) is 10.7. The van der Waals surface area contributed by atoms with Gasteiger partial charge in [-0.05, 0) is 41.6 Å². The largest absolute Gasteiger partial charge is 0.426 e. The Morgan fingerprint density at radius 1 is 1.05 bits per heavy atom. The van der Waals surface area contributed by atoms with Gasteiger partial charge in [0.05, 0.1) is 0 Å². The Morgan fingerprint density at radius 3 is 2.45 bits per heavy atom. The third kappa shape index (κ3) is 2.77. The second kappa shape index (κ2) is 5.93. The van der Waals surface area contributed by atoms with Crippen LogP contribution in [0.15, 0.2) is 59.1 Å². The second-order valence-electron chi connectivity index (χ2n) is 5.20. The molecule has 0 radical (unpaired) electrons. The lowest BCUT2D eigenvalue weighted by Gasteiger charge is -2.15. The number of hydrogen-bond donors (Lipinski definition) is 0. The van der Waals surface area contributed by atoms with E-state index in [0.29, 0.717) is 5.75 Å². The fraction of sp³-hybridized carbons (Fsp3) is 0.105. The molecular formula is C19H15BrO2. The number of benzene rings is 3. The molecule has 0 aliphatic carbocycles. The molecule has 0 amide bonds. The first kappa shape index (κ1) is 14.8. The lowest BCUT2D eigenvalue weighted by Crippen LogP contribution is -2.04. The van der Waals surface area contributed by atoms with Crippen LogP contribution in [0, 0.1) is 6.92 Å². The lowest BCUT2D eigenvalue weighted by atomic mass is 9.95. The third-order valence-electron chi connectivity index (χ3n) is 3.63. The Balaban J connectivity index is 2.33. The highest BCUT2D eigenvalue weighted by atomic mass is 79.9. The molecule has 0 heterocycles. The number of carbonyl (C=O) groups excluding carboxylic acids is 1. The topological polar surface area (TPSA) is 26.3 Å². The van der Waals surface area contributed by atoms with Crippen LogP contribution in [0.3, 0.4) is 0 Å². The zero-order chi connectivity index (χ0) is 15.7. The molecule has 0 N–H and O–H groups in total. The first-order valence-electron chi connectivity index (χ1n) is 7.03. The Labute approximate surface area is 137 Å². The quantitative estimate of drug-likeness (QED) is 0.448. The van der Waals surface area contributed by atoms with Crippen LogP contribution in [-0.2, 0) is 4.79 Å². The number of carbonyl (C=O) groups is 1. The fourth-order valence-corrected chi connectivity index (χ4v) is 2.99. The standard InChI is InChI=1S/C19H15BrO2/c1-12-17(14-6-4-3-5-7-14)10-15-8-9-16(20)11-18(15)19(12)22-13(2)21/h3-11H,1-2H3. The summed E-state index contributed by atoms with van der Waals surface area (Å²) in [7, 11) is 0. The summed E-state index contributed by atoms with van der Waals surface area (Å²) in [5, 5.41) is 1.98. The fourth-order valence-electron chi connectivity index (χ4n) is 2.63. The molecule has 3 rings (SSSR count). The summed E-state index contributed by atoms with van der Waals surface area (Å²) in [5.74, 6) is 0.319. The summed E-state index contributed by atoms with van der Waals surface area (Å²) in [6.45, 7) is 3.42. The van der Waals surface area contributed by atoms with Crippen LogP contribution in [0.4, 0.5) is 0 Å². The van der Waals surface area contributed by atoms with E-state index in [2.05, 4.69) is 34.1 Å². The van der Waals surface area contributed by atoms with Crippen LogP contribution < -0.4 is 4.74 Å². The second-order valence-corrected chi connectivity index (χ2v) is 6.12. The van der Waals surface area contributed by atoms with Crippen LogP contribution in [0.2, 0.25) is 0 Å². The number of rotatable bonds is 2. The van der Waals surface area contributed by atoms with Gasteiger partial charge < -0.3 is 4.74 Å². The number of esters is 1. The Hall–Kier alpha value is -2.13. The van der Waals surface area contributed by atoms with E-state index in [0.717, 1.165) is 31.9 Å². The van der Waals surface area contributed by atoms with Crippen LogP contribution in [0.25, 0.3) is 21.9 Å². The highest BCUT2D eigenvalue weighted by Gasteiger charge is 2.14. The van der Waals surface area contributed by atoms with Crippen LogP contribution in [0.1, 0.15) is 12.5 Å². The van der Waals surface area contributed by atoms with Gasteiger partial charge in [0, 0.05) is 22.3 Å². The molecule has 0 saturated heterocycles. The maximum absolute atomic E-state index is 11.5. The molecule has 22 heavy (non-hydrogen) atoms. The molecule has 3 aromatic rings. The molecule has 0 unspecified atom stereocenters. The van der Waals surface area contributed by atoms with Crippen molar-refractivity contribution in [1.82, 2.24) is 0 Å². The van der Waals surface area contributed by atoms with Crippen LogP contribution in [0.5, 0.6) is 5.75 Å². The first-order chi connectivity index (χ1) is 10.6. The number of hydrogen-bond acceptors (Lipinski definition) is 2. The molecule has 0 aliphatic heterocycles. The SMILES string of the molecule is CC(=O)Oc1c(C)c(-c2ccccc2)cc2ccc(Br)cc12. The molecule has 0 aromatic heterocycles. The molecular weight excluding hydrogens is 340 g/mol. The molecule has 0 bridgehead atoms. The van der Waals surface area contributed by atoms with Gasteiger partial charge in [0.25, 0.3) is 0 Å². The first-order valence-corrected chi connectivity index (χ1v) is 7.82. The number of fused-ring (bicyclic) bond motifs is 1. The minimum atomic E-state index is -0.311. The van der Waals surface area contributed by atoms with Crippen molar-refractivity contribution in [2.75, 3.05) is 0 Å². The van der Waals surface area contributed by atoms with E-state index in [-0.39, 0.29) is 5.97 Å². The van der Waals surface area contributed by atoms with Crippen molar-refractivity contribution in [3.8, 4) is 16.9 Å². The lowest BCUT2D eigenvalue weighted by molar-refractivity contribution is -0.131. The highest BCUT2D eigenvalue weighted by Crippen LogP contribution is 2.38. The molecule has 110 valence electrons. The van der Waals surface area contributed by atoms with E-state index in [9.17, 15) is 4.79 Å². The van der Waals surface area contributed by atoms with Crippen molar-refractivity contribution in [1.29, 1.82) is 0 Å². The molecule has 0 fully saturated rings. The van der Waals surface area contributed by atoms with Crippen molar-refractivity contribution in [2.24, 2.45) is 0 Å². The van der Waals surface area contributed by atoms with E-state index in [1.807, 2.05) is 43.3 Å². The maximum Gasteiger partial charge on any atom is 0.308 e. The predicted octanol–water partition coefficient (Wildman–Crippen LogP) is 5.50. The molecule has 0 atom stereocenters. The summed E-state index contributed by atoms with van der Waals surface area (Å²) < 4.78 is 6.47. The smallest absolute Gasteiger partial charge is 0.308 e. The highest BCUT2D eigenvalue weighted by molar-refractivity contribution is 9.10. The number of ether oxygens (including phenoxy) is 1. The molecule has 0 spiro atoms. The van der Waals surface area contributed by atoms with Gasteiger partial charge >= 0.3 is 5.97 Å². The zero-order valence-corrected chi connectivity index (χ0v) is 14.0. The van der Waals surface area contributed by atoms with E-state index in [4.69, 9.17) is 4.74 Å². The third-order valence-corrected chi connectivity index (χ3v) is 4.13. The van der Waals surface area contributed by atoms with Gasteiger partial charge in [0.15, 0.2) is 0 Å². The van der Waals surface area contributed by atoms with Crippen molar-refractivity contribution < 1.29 is 9.53 Å². The van der Waals surface area contributed by atoms with Gasteiger partial charge in [-0.3, -0.25) is 4.79 Å². The van der Waals surface area contributed by atoms with E-state index >= 15 is 0 Å². The van der Waals surface area contributed by atoms with E-state index in [1.165, 1.54) is 6.92 Å². The Kier molecular flexibility index (Phi) is 3.99. The monoisotopic (exact) mass is 354 g/mol. The summed E-state index contributed by atoms with van der Waals surface area (Å²) in [5.41, 5.74) is 3.15. The maximum atomic E-state index is 11.5. The van der Waals surface area contributed by atoms with Crippen molar-refractivity contribution in [3.05, 3.63) is 64.6 Å². The average molecular weight is 355 g/mol. The van der Waals surface area contributed by atoms with Gasteiger partial charge in [0.2, 0.25) is 0 Å². The zero-order valence-electron chi connectivity index (χ0n) is 12.4. The molecule has 0 aliphatic rings. The minimum Gasteiger partial charge on any atom is -0.426 e. The average Bonchev–Trinajstić information content (AvgIpc) is 2.51.